The van der Waals surface area contributed by atoms with Gasteiger partial charge in [0.25, 0.3) is 0 Å². The summed E-state index contributed by atoms with van der Waals surface area (Å²) in [7, 11) is 0. The van der Waals surface area contributed by atoms with Gasteiger partial charge in [-0.3, -0.25) is 0 Å². The quantitative estimate of drug-likeness (QED) is 0.856. The van der Waals surface area contributed by atoms with Crippen LogP contribution in [0.1, 0.15) is 32.1 Å². The van der Waals surface area contributed by atoms with Crippen molar-refractivity contribution < 1.29 is 8.94 Å². The summed E-state index contributed by atoms with van der Waals surface area (Å²) in [4.78, 5) is 4.33. The van der Waals surface area contributed by atoms with Crippen molar-refractivity contribution in [2.24, 2.45) is 5.73 Å². The molecule has 2 heterocycles. The molecule has 0 saturated carbocycles. The fourth-order valence-electron chi connectivity index (χ4n) is 1.67. The van der Waals surface area contributed by atoms with Crippen molar-refractivity contribution in [3.05, 3.63) is 24.5 Å². The van der Waals surface area contributed by atoms with Gasteiger partial charge in [-0.05, 0) is 19.4 Å². The van der Waals surface area contributed by atoms with Gasteiger partial charge in [0.1, 0.15) is 6.26 Å². The van der Waals surface area contributed by atoms with Crippen molar-refractivity contribution >= 4 is 0 Å². The lowest BCUT2D eigenvalue weighted by Crippen LogP contribution is -2.24. The molecule has 2 aromatic rings. The Morgan fingerprint density at radius 2 is 2.31 bits per heavy atom. The summed E-state index contributed by atoms with van der Waals surface area (Å²) in [5.74, 6) is 1.24. The van der Waals surface area contributed by atoms with E-state index in [1.807, 2.05) is 6.92 Å². The molecule has 16 heavy (non-hydrogen) atoms. The Hall–Kier alpha value is -1.62. The topological polar surface area (TPSA) is 78.1 Å². The zero-order valence-electron chi connectivity index (χ0n) is 9.38. The fourth-order valence-corrected chi connectivity index (χ4v) is 1.67. The summed E-state index contributed by atoms with van der Waals surface area (Å²) in [6, 6.07) is 1.80. The molecular weight excluding hydrogens is 206 g/mol. The predicted octanol–water partition coefficient (Wildman–Crippen LogP) is 2.17. The summed E-state index contributed by atoms with van der Waals surface area (Å²) in [5.41, 5.74) is 6.68. The van der Waals surface area contributed by atoms with E-state index < -0.39 is 0 Å². The molecule has 0 saturated heterocycles. The zero-order chi connectivity index (χ0) is 11.5. The highest BCUT2D eigenvalue weighted by Gasteiger charge is 2.21. The van der Waals surface area contributed by atoms with Crippen LogP contribution >= 0.6 is 0 Å². The van der Waals surface area contributed by atoms with E-state index in [-0.39, 0.29) is 12.0 Å². The average molecular weight is 221 g/mol. The summed E-state index contributed by atoms with van der Waals surface area (Å²) >= 11 is 0. The van der Waals surface area contributed by atoms with Crippen LogP contribution in [0.25, 0.3) is 11.4 Å². The third-order valence-electron chi connectivity index (χ3n) is 2.61. The normalized spacial score (nSPS) is 14.9. The minimum atomic E-state index is 0.00245. The second kappa shape index (κ2) is 4.49. The van der Waals surface area contributed by atoms with Crippen LogP contribution in [0.3, 0.4) is 0 Å². The molecule has 2 aromatic heterocycles. The average Bonchev–Trinajstić information content (AvgIpc) is 2.86. The van der Waals surface area contributed by atoms with Gasteiger partial charge in [-0.25, -0.2) is 0 Å². The van der Waals surface area contributed by atoms with Crippen LogP contribution in [0, 0.1) is 0 Å². The van der Waals surface area contributed by atoms with Crippen molar-refractivity contribution in [3.8, 4) is 11.4 Å². The largest absolute Gasteiger partial charge is 0.472 e. The molecule has 2 atom stereocenters. The fraction of sp³-hybridized carbons (Fsp3) is 0.455. The number of nitrogens with zero attached hydrogens (tertiary/aromatic N) is 2. The van der Waals surface area contributed by atoms with E-state index >= 15 is 0 Å². The molecule has 0 aliphatic heterocycles. The molecule has 0 fully saturated rings. The van der Waals surface area contributed by atoms with Crippen LogP contribution in [-0.4, -0.2) is 16.2 Å². The minimum Gasteiger partial charge on any atom is -0.472 e. The maximum absolute atomic E-state index is 5.86. The molecule has 0 bridgehead atoms. The second-order valence-electron chi connectivity index (χ2n) is 3.84. The molecule has 5 nitrogen and oxygen atoms in total. The summed E-state index contributed by atoms with van der Waals surface area (Å²) in [6.45, 7) is 3.99. The third kappa shape index (κ3) is 1.99. The lowest BCUT2D eigenvalue weighted by atomic mass is 9.99. The van der Waals surface area contributed by atoms with Gasteiger partial charge >= 0.3 is 0 Å². The maximum atomic E-state index is 5.86. The number of furan rings is 1. The van der Waals surface area contributed by atoms with Crippen molar-refractivity contribution in [2.45, 2.75) is 32.2 Å². The van der Waals surface area contributed by atoms with Crippen LogP contribution in [0.4, 0.5) is 0 Å². The first-order chi connectivity index (χ1) is 7.72. The van der Waals surface area contributed by atoms with E-state index in [0.29, 0.717) is 11.7 Å². The van der Waals surface area contributed by atoms with E-state index in [4.69, 9.17) is 14.7 Å². The zero-order valence-corrected chi connectivity index (χ0v) is 9.38. The minimum absolute atomic E-state index is 0.00245. The number of hydrogen-bond donors (Lipinski definition) is 1. The number of aromatic nitrogens is 2. The van der Waals surface area contributed by atoms with E-state index in [1.54, 1.807) is 18.6 Å². The van der Waals surface area contributed by atoms with Crippen LogP contribution < -0.4 is 5.73 Å². The van der Waals surface area contributed by atoms with E-state index in [1.165, 1.54) is 0 Å². The highest BCUT2D eigenvalue weighted by Crippen LogP contribution is 2.23. The Morgan fingerprint density at radius 3 is 2.88 bits per heavy atom. The molecule has 0 aliphatic carbocycles. The Balaban J connectivity index is 2.25. The molecule has 0 amide bonds. The Kier molecular flexibility index (Phi) is 3.05. The first-order valence-corrected chi connectivity index (χ1v) is 5.34. The molecule has 0 aliphatic rings. The lowest BCUT2D eigenvalue weighted by molar-refractivity contribution is 0.334. The van der Waals surface area contributed by atoms with Crippen LogP contribution in [0.15, 0.2) is 27.5 Å². The molecule has 0 radical (unpaired) electrons. The first kappa shape index (κ1) is 10.9. The Bertz CT molecular complexity index is 434. The third-order valence-corrected chi connectivity index (χ3v) is 2.61. The van der Waals surface area contributed by atoms with Gasteiger partial charge in [0.15, 0.2) is 0 Å². The number of nitrogens with two attached hydrogens (primary N) is 1. The van der Waals surface area contributed by atoms with Gasteiger partial charge in [0, 0.05) is 6.04 Å². The molecule has 2 N–H and O–H groups in total. The van der Waals surface area contributed by atoms with Crippen LogP contribution in [-0.2, 0) is 0 Å². The standard InChI is InChI=1S/C11H15N3O2/c1-3-9(7(2)12)11-13-10(14-16-11)8-4-5-15-6-8/h4-7,9H,3,12H2,1-2H3. The highest BCUT2D eigenvalue weighted by atomic mass is 16.5. The molecule has 5 heteroatoms. The maximum Gasteiger partial charge on any atom is 0.231 e. The molecule has 2 rings (SSSR count). The number of rotatable bonds is 4. The molecule has 2 unspecified atom stereocenters. The van der Waals surface area contributed by atoms with Crippen LogP contribution in [0.5, 0.6) is 0 Å². The van der Waals surface area contributed by atoms with Crippen LogP contribution in [0.2, 0.25) is 0 Å². The number of hydrogen-bond acceptors (Lipinski definition) is 5. The summed E-state index contributed by atoms with van der Waals surface area (Å²) in [6.07, 6.45) is 4.04. The van der Waals surface area contributed by atoms with E-state index in [0.717, 1.165) is 12.0 Å². The van der Waals surface area contributed by atoms with Crippen molar-refractivity contribution in [1.29, 1.82) is 0 Å². The van der Waals surface area contributed by atoms with Crippen molar-refractivity contribution in [3.63, 3.8) is 0 Å². The van der Waals surface area contributed by atoms with Gasteiger partial charge in [-0.2, -0.15) is 4.98 Å². The smallest absolute Gasteiger partial charge is 0.231 e. The molecular formula is C11H15N3O2. The van der Waals surface area contributed by atoms with E-state index in [2.05, 4.69) is 17.1 Å². The SMILES string of the molecule is CCC(c1nc(-c2ccoc2)no1)C(C)N. The first-order valence-electron chi connectivity index (χ1n) is 5.34. The summed E-state index contributed by atoms with van der Waals surface area (Å²) < 4.78 is 10.2. The predicted molar refractivity (Wildman–Crippen MR) is 58.7 cm³/mol. The second-order valence-corrected chi connectivity index (χ2v) is 3.84. The lowest BCUT2D eigenvalue weighted by Gasteiger charge is -2.13. The Labute approximate surface area is 93.6 Å². The summed E-state index contributed by atoms with van der Waals surface area (Å²) in [5, 5.41) is 3.91. The van der Waals surface area contributed by atoms with Gasteiger partial charge in [0.2, 0.25) is 11.7 Å². The van der Waals surface area contributed by atoms with Crippen molar-refractivity contribution in [1.82, 2.24) is 10.1 Å². The van der Waals surface area contributed by atoms with Gasteiger partial charge in [-0.1, -0.05) is 12.1 Å². The van der Waals surface area contributed by atoms with E-state index in [9.17, 15) is 0 Å². The Morgan fingerprint density at radius 1 is 1.50 bits per heavy atom. The molecule has 0 spiro atoms. The monoisotopic (exact) mass is 221 g/mol. The highest BCUT2D eigenvalue weighted by molar-refractivity contribution is 5.51. The van der Waals surface area contributed by atoms with Crippen molar-refractivity contribution in [2.75, 3.05) is 0 Å². The van der Waals surface area contributed by atoms with Gasteiger partial charge < -0.3 is 14.7 Å². The van der Waals surface area contributed by atoms with Gasteiger partial charge in [-0.15, -0.1) is 0 Å². The molecule has 0 aromatic carbocycles. The molecule has 86 valence electrons. The van der Waals surface area contributed by atoms with Gasteiger partial charge in [0.05, 0.1) is 17.7 Å².